The SMILES string of the molecule is Cc1cc(NC(=O)NC(=O)c2c(F)cccc2F)cc(Cl)c1Oc1ccc(Cl)c2ccccc12. The van der Waals surface area contributed by atoms with Gasteiger partial charge in [0.2, 0.25) is 0 Å². The summed E-state index contributed by atoms with van der Waals surface area (Å²) >= 11 is 12.7. The Labute approximate surface area is 203 Å². The normalized spacial score (nSPS) is 10.7. The van der Waals surface area contributed by atoms with Crippen LogP contribution >= 0.6 is 23.2 Å². The number of nitrogens with one attached hydrogen (secondary N) is 2. The van der Waals surface area contributed by atoms with Gasteiger partial charge in [-0.3, -0.25) is 10.1 Å². The summed E-state index contributed by atoms with van der Waals surface area (Å²) in [5.41, 5.74) is -0.0192. The zero-order chi connectivity index (χ0) is 24.4. The van der Waals surface area contributed by atoms with Gasteiger partial charge in [0.05, 0.1) is 5.02 Å². The van der Waals surface area contributed by atoms with Gasteiger partial charge in [-0.2, -0.15) is 0 Å². The van der Waals surface area contributed by atoms with Crippen molar-refractivity contribution in [1.82, 2.24) is 5.32 Å². The minimum atomic E-state index is -1.22. The van der Waals surface area contributed by atoms with E-state index in [2.05, 4.69) is 5.32 Å². The molecular formula is C25H16Cl2F2N2O3. The minimum absolute atomic E-state index is 0.195. The average Bonchev–Trinajstić information content (AvgIpc) is 2.77. The van der Waals surface area contributed by atoms with Crippen molar-refractivity contribution in [3.63, 3.8) is 0 Å². The topological polar surface area (TPSA) is 67.4 Å². The van der Waals surface area contributed by atoms with Crippen LogP contribution in [-0.2, 0) is 0 Å². The van der Waals surface area contributed by atoms with Gasteiger partial charge in [-0.05, 0) is 48.9 Å². The van der Waals surface area contributed by atoms with Gasteiger partial charge in [-0.25, -0.2) is 13.6 Å². The van der Waals surface area contributed by atoms with E-state index >= 15 is 0 Å². The number of fused-ring (bicyclic) bond motifs is 1. The summed E-state index contributed by atoms with van der Waals surface area (Å²) in [6.45, 7) is 1.72. The molecule has 0 heterocycles. The molecule has 0 radical (unpaired) electrons. The average molecular weight is 501 g/mol. The highest BCUT2D eigenvalue weighted by atomic mass is 35.5. The number of halogens is 4. The molecule has 0 spiro atoms. The Kier molecular flexibility index (Phi) is 6.68. The maximum atomic E-state index is 13.8. The standard InChI is InChI=1S/C25H16Cl2F2N2O3/c1-13-11-14(30-25(33)31-24(32)22-19(28)7-4-8-20(22)29)12-18(27)23(13)34-21-10-9-17(26)15-5-2-3-6-16(15)21/h2-12H,1H3,(H2,30,31,32,33). The summed E-state index contributed by atoms with van der Waals surface area (Å²) in [6.07, 6.45) is 0. The lowest BCUT2D eigenvalue weighted by Crippen LogP contribution is -2.35. The highest BCUT2D eigenvalue weighted by molar-refractivity contribution is 6.35. The molecule has 0 unspecified atom stereocenters. The highest BCUT2D eigenvalue weighted by Crippen LogP contribution is 2.39. The van der Waals surface area contributed by atoms with Crippen LogP contribution in [0, 0.1) is 18.6 Å². The molecule has 4 aromatic carbocycles. The largest absolute Gasteiger partial charge is 0.455 e. The summed E-state index contributed by atoms with van der Waals surface area (Å²) in [4.78, 5) is 24.3. The van der Waals surface area contributed by atoms with E-state index < -0.39 is 29.1 Å². The molecule has 0 aromatic heterocycles. The fourth-order valence-corrected chi connectivity index (χ4v) is 3.94. The number of aryl methyl sites for hydroxylation is 1. The van der Waals surface area contributed by atoms with Crippen molar-refractivity contribution in [3.05, 3.63) is 99.5 Å². The van der Waals surface area contributed by atoms with E-state index in [1.807, 2.05) is 29.6 Å². The molecule has 2 N–H and O–H groups in total. The Bertz CT molecular complexity index is 1400. The molecule has 0 atom stereocenters. The third-order valence-corrected chi connectivity index (χ3v) is 5.56. The minimum Gasteiger partial charge on any atom is -0.455 e. The van der Waals surface area contributed by atoms with Gasteiger partial charge in [0.25, 0.3) is 5.91 Å². The Balaban J connectivity index is 1.53. The van der Waals surface area contributed by atoms with Gasteiger partial charge in [0.1, 0.15) is 28.7 Å². The van der Waals surface area contributed by atoms with E-state index in [1.54, 1.807) is 25.1 Å². The fourth-order valence-electron chi connectivity index (χ4n) is 3.41. The first-order chi connectivity index (χ1) is 16.2. The van der Waals surface area contributed by atoms with Gasteiger partial charge in [-0.15, -0.1) is 0 Å². The van der Waals surface area contributed by atoms with Crippen LogP contribution in [0.25, 0.3) is 10.8 Å². The number of hydrogen-bond acceptors (Lipinski definition) is 3. The fraction of sp³-hybridized carbons (Fsp3) is 0.0400. The quantitative estimate of drug-likeness (QED) is 0.305. The number of hydrogen-bond donors (Lipinski definition) is 2. The Morgan fingerprint density at radius 1 is 0.853 bits per heavy atom. The maximum Gasteiger partial charge on any atom is 0.326 e. The van der Waals surface area contributed by atoms with Gasteiger partial charge >= 0.3 is 6.03 Å². The number of carbonyl (C=O) groups is 2. The summed E-state index contributed by atoms with van der Waals surface area (Å²) in [5, 5.41) is 6.70. The van der Waals surface area contributed by atoms with Crippen LogP contribution in [0.15, 0.2) is 66.7 Å². The molecular weight excluding hydrogens is 485 g/mol. The van der Waals surface area contributed by atoms with Crippen molar-refractivity contribution < 1.29 is 23.1 Å². The number of benzene rings is 4. The number of ether oxygens (including phenoxy) is 1. The Morgan fingerprint density at radius 2 is 1.53 bits per heavy atom. The predicted molar refractivity (Wildman–Crippen MR) is 128 cm³/mol. The maximum absolute atomic E-state index is 13.8. The molecule has 0 aliphatic carbocycles. The Morgan fingerprint density at radius 3 is 2.21 bits per heavy atom. The van der Waals surface area contributed by atoms with Gasteiger partial charge < -0.3 is 10.1 Å². The zero-order valence-electron chi connectivity index (χ0n) is 17.6. The third kappa shape index (κ3) is 4.81. The molecule has 172 valence electrons. The van der Waals surface area contributed by atoms with E-state index in [0.29, 0.717) is 22.1 Å². The second-order valence-electron chi connectivity index (χ2n) is 7.30. The molecule has 0 saturated heterocycles. The number of rotatable bonds is 4. The van der Waals surface area contributed by atoms with Gasteiger partial charge in [0, 0.05) is 21.5 Å². The zero-order valence-corrected chi connectivity index (χ0v) is 19.1. The van der Waals surface area contributed by atoms with Crippen LogP contribution in [-0.4, -0.2) is 11.9 Å². The number of amides is 3. The van der Waals surface area contributed by atoms with E-state index in [0.717, 1.165) is 29.0 Å². The summed E-state index contributed by atoms with van der Waals surface area (Å²) in [7, 11) is 0. The monoisotopic (exact) mass is 500 g/mol. The van der Waals surface area contributed by atoms with Crippen molar-refractivity contribution in [2.75, 3.05) is 5.32 Å². The summed E-state index contributed by atoms with van der Waals surface area (Å²) < 4.78 is 33.6. The third-order valence-electron chi connectivity index (χ3n) is 4.95. The van der Waals surface area contributed by atoms with Crippen LogP contribution in [0.1, 0.15) is 15.9 Å². The van der Waals surface area contributed by atoms with Crippen molar-refractivity contribution in [2.24, 2.45) is 0 Å². The number of anilines is 1. The van der Waals surface area contributed by atoms with E-state index in [4.69, 9.17) is 27.9 Å². The van der Waals surface area contributed by atoms with Crippen LogP contribution in [0.5, 0.6) is 11.5 Å². The molecule has 4 rings (SSSR count). The van der Waals surface area contributed by atoms with Gasteiger partial charge in [-0.1, -0.05) is 53.5 Å². The molecule has 34 heavy (non-hydrogen) atoms. The number of imide groups is 1. The van der Waals surface area contributed by atoms with Crippen molar-refractivity contribution in [1.29, 1.82) is 0 Å². The van der Waals surface area contributed by atoms with Crippen LogP contribution < -0.4 is 15.4 Å². The van der Waals surface area contributed by atoms with E-state index in [9.17, 15) is 18.4 Å². The first-order valence-corrected chi connectivity index (χ1v) is 10.7. The smallest absolute Gasteiger partial charge is 0.326 e. The second kappa shape index (κ2) is 9.67. The molecule has 0 fully saturated rings. The van der Waals surface area contributed by atoms with Crippen LogP contribution in [0.2, 0.25) is 10.0 Å². The lowest BCUT2D eigenvalue weighted by atomic mass is 10.1. The van der Waals surface area contributed by atoms with Crippen molar-refractivity contribution in [3.8, 4) is 11.5 Å². The molecule has 0 aliphatic heterocycles. The Hall–Kier alpha value is -3.68. The summed E-state index contributed by atoms with van der Waals surface area (Å²) in [5.74, 6) is -2.48. The van der Waals surface area contributed by atoms with Gasteiger partial charge in [0.15, 0.2) is 0 Å². The number of urea groups is 1. The molecule has 0 saturated carbocycles. The van der Waals surface area contributed by atoms with Crippen molar-refractivity contribution >= 4 is 51.6 Å². The highest BCUT2D eigenvalue weighted by Gasteiger charge is 2.20. The first-order valence-electron chi connectivity index (χ1n) is 9.96. The predicted octanol–water partition coefficient (Wildman–Crippen LogP) is 7.49. The molecule has 3 amide bonds. The first kappa shape index (κ1) is 23.5. The molecule has 9 heteroatoms. The van der Waals surface area contributed by atoms with Crippen molar-refractivity contribution in [2.45, 2.75) is 6.92 Å². The lowest BCUT2D eigenvalue weighted by molar-refractivity contribution is 0.0959. The lowest BCUT2D eigenvalue weighted by Gasteiger charge is -2.15. The number of carbonyl (C=O) groups excluding carboxylic acids is 2. The molecule has 0 bridgehead atoms. The molecule has 0 aliphatic rings. The van der Waals surface area contributed by atoms with E-state index in [-0.39, 0.29) is 10.7 Å². The summed E-state index contributed by atoms with van der Waals surface area (Å²) in [6, 6.07) is 15.9. The molecule has 4 aromatic rings. The second-order valence-corrected chi connectivity index (χ2v) is 8.12. The van der Waals surface area contributed by atoms with Crippen LogP contribution in [0.3, 0.4) is 0 Å². The molecule has 5 nitrogen and oxygen atoms in total. The van der Waals surface area contributed by atoms with E-state index in [1.165, 1.54) is 6.07 Å². The van der Waals surface area contributed by atoms with Crippen LogP contribution in [0.4, 0.5) is 19.3 Å².